The third-order valence-electron chi connectivity index (χ3n) is 5.98. The van der Waals surface area contributed by atoms with E-state index in [1.807, 2.05) is 24.3 Å². The minimum absolute atomic E-state index is 0.0457. The highest BCUT2D eigenvalue weighted by Gasteiger charge is 2.26. The lowest BCUT2D eigenvalue weighted by Gasteiger charge is -2.31. The van der Waals surface area contributed by atoms with Crippen LogP contribution in [0.5, 0.6) is 11.5 Å². The number of nitrogens with zero attached hydrogens (tertiary/aromatic N) is 2. The first-order valence-corrected chi connectivity index (χ1v) is 11.0. The monoisotopic (exact) mass is 420 g/mol. The van der Waals surface area contributed by atoms with Gasteiger partial charge in [0.05, 0.1) is 24.7 Å². The molecule has 2 aromatic carbocycles. The topological polar surface area (TPSA) is 79.5 Å². The van der Waals surface area contributed by atoms with E-state index < -0.39 is 0 Å². The van der Waals surface area contributed by atoms with Crippen molar-refractivity contribution in [3.05, 3.63) is 53.9 Å². The molecule has 0 radical (unpaired) electrons. The molecule has 1 saturated heterocycles. The van der Waals surface area contributed by atoms with E-state index in [1.54, 1.807) is 19.2 Å². The highest BCUT2D eigenvalue weighted by atomic mass is 16.5. The van der Waals surface area contributed by atoms with Crippen molar-refractivity contribution in [1.29, 1.82) is 0 Å². The van der Waals surface area contributed by atoms with Crippen LogP contribution in [0.1, 0.15) is 41.9 Å². The predicted octanol–water partition coefficient (Wildman–Crippen LogP) is 3.51. The Morgan fingerprint density at radius 1 is 1.13 bits per heavy atom. The quantitative estimate of drug-likeness (QED) is 0.612. The summed E-state index contributed by atoms with van der Waals surface area (Å²) in [6.07, 6.45) is 4.07. The standard InChI is InChI=1S/C24H28N4O3/c1-30-21-9-6-16(24(29)25-17-7-8-17)14-22(21)31-18-10-12-28(13-11-18)15-23-26-19-4-2-3-5-20(19)27-23/h2-6,9,14,17-18H,7-8,10-13,15H2,1H3,(H,25,29)(H,26,27). The molecule has 3 aromatic rings. The van der Waals surface area contributed by atoms with Crippen molar-refractivity contribution in [1.82, 2.24) is 20.2 Å². The molecular formula is C24H28N4O3. The number of para-hydroxylation sites is 2. The molecule has 0 atom stereocenters. The minimum atomic E-state index is -0.0457. The van der Waals surface area contributed by atoms with Crippen molar-refractivity contribution in [2.45, 2.75) is 44.4 Å². The molecule has 7 nitrogen and oxygen atoms in total. The van der Waals surface area contributed by atoms with E-state index in [1.165, 1.54) is 0 Å². The van der Waals surface area contributed by atoms with E-state index in [4.69, 9.17) is 9.47 Å². The Hall–Kier alpha value is -3.06. The van der Waals surface area contributed by atoms with Gasteiger partial charge >= 0.3 is 0 Å². The lowest BCUT2D eigenvalue weighted by molar-refractivity contribution is 0.0915. The number of imidazole rings is 1. The zero-order chi connectivity index (χ0) is 21.2. The number of fused-ring (bicyclic) bond motifs is 1. The SMILES string of the molecule is COc1ccc(C(=O)NC2CC2)cc1OC1CCN(Cc2nc3ccccc3[nH]2)CC1. The van der Waals surface area contributed by atoms with Crippen molar-refractivity contribution >= 4 is 16.9 Å². The molecule has 1 aliphatic heterocycles. The van der Waals surface area contributed by atoms with Crippen LogP contribution in [0.3, 0.4) is 0 Å². The normalized spacial score (nSPS) is 17.6. The molecule has 0 unspecified atom stereocenters. The van der Waals surface area contributed by atoms with Gasteiger partial charge in [-0.05, 0) is 56.0 Å². The number of hydrogen-bond donors (Lipinski definition) is 2. The Morgan fingerprint density at radius 3 is 2.68 bits per heavy atom. The molecule has 31 heavy (non-hydrogen) atoms. The van der Waals surface area contributed by atoms with E-state index in [2.05, 4.69) is 26.3 Å². The molecule has 1 aliphatic carbocycles. The number of aromatic nitrogens is 2. The van der Waals surface area contributed by atoms with Crippen molar-refractivity contribution in [2.75, 3.05) is 20.2 Å². The molecule has 2 aliphatic rings. The Labute approximate surface area is 181 Å². The number of amides is 1. The van der Waals surface area contributed by atoms with Crippen LogP contribution in [0.2, 0.25) is 0 Å². The van der Waals surface area contributed by atoms with Gasteiger partial charge in [0.1, 0.15) is 11.9 Å². The van der Waals surface area contributed by atoms with Gasteiger partial charge in [-0.25, -0.2) is 4.98 Å². The number of carbonyl (C=O) groups excluding carboxylic acids is 1. The van der Waals surface area contributed by atoms with Crippen LogP contribution < -0.4 is 14.8 Å². The van der Waals surface area contributed by atoms with Gasteiger partial charge < -0.3 is 19.8 Å². The largest absolute Gasteiger partial charge is 0.493 e. The molecule has 7 heteroatoms. The van der Waals surface area contributed by atoms with E-state index in [9.17, 15) is 4.79 Å². The number of nitrogens with one attached hydrogen (secondary N) is 2. The maximum Gasteiger partial charge on any atom is 0.251 e. The van der Waals surface area contributed by atoms with Crippen LogP contribution >= 0.6 is 0 Å². The highest BCUT2D eigenvalue weighted by molar-refractivity contribution is 5.95. The summed E-state index contributed by atoms with van der Waals surface area (Å²) in [6, 6.07) is 13.8. The number of ether oxygens (including phenoxy) is 2. The van der Waals surface area contributed by atoms with Gasteiger partial charge in [0.25, 0.3) is 5.91 Å². The average molecular weight is 421 g/mol. The van der Waals surface area contributed by atoms with Crippen molar-refractivity contribution in [3.63, 3.8) is 0 Å². The Bertz CT molecular complexity index is 1030. The molecule has 0 spiro atoms. The number of carbonyl (C=O) groups is 1. The van der Waals surface area contributed by atoms with Gasteiger partial charge in [-0.3, -0.25) is 9.69 Å². The predicted molar refractivity (Wildman–Crippen MR) is 119 cm³/mol. The van der Waals surface area contributed by atoms with Crippen LogP contribution in [0.15, 0.2) is 42.5 Å². The van der Waals surface area contributed by atoms with Crippen LogP contribution in [0.25, 0.3) is 11.0 Å². The maximum atomic E-state index is 12.4. The summed E-state index contributed by atoms with van der Waals surface area (Å²) in [5.74, 6) is 2.25. The number of hydrogen-bond acceptors (Lipinski definition) is 5. The number of benzene rings is 2. The van der Waals surface area contributed by atoms with E-state index in [0.717, 1.165) is 62.2 Å². The lowest BCUT2D eigenvalue weighted by Crippen LogP contribution is -2.38. The van der Waals surface area contributed by atoms with Gasteiger partial charge in [0, 0.05) is 24.7 Å². The molecule has 2 heterocycles. The van der Waals surface area contributed by atoms with Crippen LogP contribution in [0, 0.1) is 0 Å². The number of aromatic amines is 1. The van der Waals surface area contributed by atoms with Gasteiger partial charge in [-0.15, -0.1) is 0 Å². The second-order valence-corrected chi connectivity index (χ2v) is 8.41. The van der Waals surface area contributed by atoms with Crippen molar-refractivity contribution in [3.8, 4) is 11.5 Å². The first-order valence-electron chi connectivity index (χ1n) is 11.0. The fourth-order valence-corrected chi connectivity index (χ4v) is 4.06. The fourth-order valence-electron chi connectivity index (χ4n) is 4.06. The summed E-state index contributed by atoms with van der Waals surface area (Å²) in [5, 5.41) is 3.03. The third kappa shape index (κ3) is 4.66. The van der Waals surface area contributed by atoms with Crippen LogP contribution in [-0.4, -0.2) is 53.1 Å². The van der Waals surface area contributed by atoms with Crippen molar-refractivity contribution in [2.24, 2.45) is 0 Å². The van der Waals surface area contributed by atoms with Gasteiger partial charge in [-0.1, -0.05) is 12.1 Å². The molecule has 162 valence electrons. The minimum Gasteiger partial charge on any atom is -0.493 e. The summed E-state index contributed by atoms with van der Waals surface area (Å²) in [7, 11) is 1.63. The molecule has 1 amide bonds. The van der Waals surface area contributed by atoms with Crippen LogP contribution in [-0.2, 0) is 6.54 Å². The zero-order valence-corrected chi connectivity index (χ0v) is 17.8. The number of H-pyrrole nitrogens is 1. The number of likely N-dealkylation sites (tertiary alicyclic amines) is 1. The first-order chi connectivity index (χ1) is 15.2. The van der Waals surface area contributed by atoms with Gasteiger partial charge in [0.2, 0.25) is 0 Å². The lowest BCUT2D eigenvalue weighted by atomic mass is 10.1. The van der Waals surface area contributed by atoms with E-state index >= 15 is 0 Å². The van der Waals surface area contributed by atoms with E-state index in [0.29, 0.717) is 23.1 Å². The van der Waals surface area contributed by atoms with Gasteiger partial charge in [-0.2, -0.15) is 0 Å². The van der Waals surface area contributed by atoms with Crippen molar-refractivity contribution < 1.29 is 14.3 Å². The second-order valence-electron chi connectivity index (χ2n) is 8.41. The average Bonchev–Trinajstić information content (AvgIpc) is 3.51. The Balaban J connectivity index is 1.19. The molecule has 2 fully saturated rings. The molecule has 1 saturated carbocycles. The maximum absolute atomic E-state index is 12.4. The molecule has 5 rings (SSSR count). The molecule has 2 N–H and O–H groups in total. The second kappa shape index (κ2) is 8.59. The molecule has 1 aromatic heterocycles. The fraction of sp³-hybridized carbons (Fsp3) is 0.417. The molecule has 0 bridgehead atoms. The third-order valence-corrected chi connectivity index (χ3v) is 5.98. The van der Waals surface area contributed by atoms with Gasteiger partial charge in [0.15, 0.2) is 11.5 Å². The summed E-state index contributed by atoms with van der Waals surface area (Å²) >= 11 is 0. The summed E-state index contributed by atoms with van der Waals surface area (Å²) in [4.78, 5) is 22.9. The Kier molecular flexibility index (Phi) is 5.51. The number of methoxy groups -OCH3 is 1. The summed E-state index contributed by atoms with van der Waals surface area (Å²) < 4.78 is 11.7. The first kappa shape index (κ1) is 19.9. The summed E-state index contributed by atoms with van der Waals surface area (Å²) in [5.41, 5.74) is 2.70. The number of piperidine rings is 1. The zero-order valence-electron chi connectivity index (χ0n) is 17.8. The summed E-state index contributed by atoms with van der Waals surface area (Å²) in [6.45, 7) is 2.68. The Morgan fingerprint density at radius 2 is 1.94 bits per heavy atom. The number of rotatable bonds is 7. The highest BCUT2D eigenvalue weighted by Crippen LogP contribution is 2.31. The smallest absolute Gasteiger partial charge is 0.251 e. The van der Waals surface area contributed by atoms with E-state index in [-0.39, 0.29) is 12.0 Å². The molecular weight excluding hydrogens is 392 g/mol. The van der Waals surface area contributed by atoms with Crippen LogP contribution in [0.4, 0.5) is 0 Å².